The Morgan fingerprint density at radius 2 is 1.67 bits per heavy atom. The molecule has 248 valence electrons. The Balaban J connectivity index is 1.15. The normalized spacial score (nSPS) is 19.4. The molecule has 2 N–H and O–H groups in total. The minimum absolute atomic E-state index is 0.0730. The molecule has 4 aromatic rings. The van der Waals surface area contributed by atoms with E-state index in [0.29, 0.717) is 60.4 Å². The molecular formula is C34H38N10O4. The molecule has 0 spiro atoms. The van der Waals surface area contributed by atoms with Crippen LogP contribution in [0.4, 0.5) is 17.7 Å². The van der Waals surface area contributed by atoms with Crippen molar-refractivity contribution in [3.63, 3.8) is 0 Å². The molecule has 2 fully saturated rings. The molecule has 1 saturated carbocycles. The van der Waals surface area contributed by atoms with Gasteiger partial charge in [-0.1, -0.05) is 18.2 Å². The van der Waals surface area contributed by atoms with Crippen molar-refractivity contribution in [3.8, 4) is 29.0 Å². The second-order valence-electron chi connectivity index (χ2n) is 11.9. The lowest BCUT2D eigenvalue weighted by Gasteiger charge is -2.36. The van der Waals surface area contributed by atoms with Gasteiger partial charge in [-0.15, -0.1) is 0 Å². The number of carbonyl (C=O) groups excluding carboxylic acids is 1. The Bertz CT molecular complexity index is 1690. The maximum Gasteiger partial charge on any atom is 0.316 e. The highest BCUT2D eigenvalue weighted by atomic mass is 16.5. The number of benzene rings is 1. The lowest BCUT2D eigenvalue weighted by atomic mass is 9.90. The van der Waals surface area contributed by atoms with Crippen LogP contribution < -0.4 is 24.6 Å². The fraction of sp³-hybridized carbons (Fsp3) is 0.412. The van der Waals surface area contributed by atoms with Gasteiger partial charge in [0.1, 0.15) is 17.4 Å². The van der Waals surface area contributed by atoms with Crippen LogP contribution in [0.5, 0.6) is 11.8 Å². The fourth-order valence-electron chi connectivity index (χ4n) is 6.09. The standard InChI is InChI=1S/C34H38N10O4/c1-47-34-39-20-25(21-40-34)24-18-37-33(38-19-24)44(30(46)22-48-29-7-3-2-4-8-29)27-11-9-26(10-12-27)41-32-36-17-23(16-35)31(42-32)43-14-5-6-28(45)13-15-43/h2-4,7-8,17-21,26-28,45H,5-6,9-15,22H2,1H3,(H,36,41,42). The third-order valence-electron chi connectivity index (χ3n) is 8.65. The largest absolute Gasteiger partial charge is 0.484 e. The first kappa shape index (κ1) is 32.5. The van der Waals surface area contributed by atoms with E-state index in [1.165, 1.54) is 7.11 Å². The van der Waals surface area contributed by atoms with Gasteiger partial charge in [-0.25, -0.2) is 24.9 Å². The second-order valence-corrected chi connectivity index (χ2v) is 11.9. The van der Waals surface area contributed by atoms with Crippen LogP contribution in [-0.2, 0) is 4.79 Å². The van der Waals surface area contributed by atoms with E-state index in [1.807, 2.05) is 30.3 Å². The van der Waals surface area contributed by atoms with Crippen LogP contribution >= 0.6 is 0 Å². The third kappa shape index (κ3) is 7.92. The number of ether oxygens (including phenoxy) is 2. The van der Waals surface area contributed by atoms with E-state index in [0.717, 1.165) is 37.8 Å². The summed E-state index contributed by atoms with van der Waals surface area (Å²) in [6, 6.07) is 11.6. The highest BCUT2D eigenvalue weighted by Gasteiger charge is 2.32. The number of aliphatic hydroxyl groups is 1. The first-order chi connectivity index (χ1) is 23.5. The quantitative estimate of drug-likeness (QED) is 0.254. The number of aromatic nitrogens is 6. The number of hydrogen-bond acceptors (Lipinski definition) is 13. The predicted molar refractivity (Wildman–Crippen MR) is 178 cm³/mol. The molecule has 1 unspecified atom stereocenters. The van der Waals surface area contributed by atoms with Crippen LogP contribution in [-0.4, -0.2) is 85.9 Å². The fourth-order valence-corrected chi connectivity index (χ4v) is 6.09. The van der Waals surface area contributed by atoms with Gasteiger partial charge in [-0.2, -0.15) is 10.2 Å². The van der Waals surface area contributed by atoms with Gasteiger partial charge < -0.3 is 24.8 Å². The summed E-state index contributed by atoms with van der Waals surface area (Å²) in [6.07, 6.45) is 12.9. The van der Waals surface area contributed by atoms with Gasteiger partial charge in [0, 0.05) is 61.1 Å². The highest BCUT2D eigenvalue weighted by Crippen LogP contribution is 2.29. The van der Waals surface area contributed by atoms with E-state index < -0.39 is 0 Å². The van der Waals surface area contributed by atoms with Crippen LogP contribution in [0.2, 0.25) is 0 Å². The monoisotopic (exact) mass is 650 g/mol. The molecule has 2 aliphatic rings. The molecular weight excluding hydrogens is 612 g/mol. The number of para-hydroxylation sites is 1. The molecule has 1 aliphatic carbocycles. The summed E-state index contributed by atoms with van der Waals surface area (Å²) >= 11 is 0. The molecule has 3 aromatic heterocycles. The summed E-state index contributed by atoms with van der Waals surface area (Å²) in [5, 5.41) is 23.3. The van der Waals surface area contributed by atoms with Crippen LogP contribution in [0.1, 0.15) is 50.5 Å². The topological polar surface area (TPSA) is 175 Å². The zero-order valence-corrected chi connectivity index (χ0v) is 26.8. The molecule has 1 amide bonds. The van der Waals surface area contributed by atoms with Crippen molar-refractivity contribution in [3.05, 3.63) is 66.9 Å². The Labute approximate surface area is 278 Å². The zero-order valence-electron chi connectivity index (χ0n) is 26.8. The number of nitriles is 1. The van der Waals surface area contributed by atoms with Crippen LogP contribution in [0.3, 0.4) is 0 Å². The maximum atomic E-state index is 13.7. The lowest BCUT2D eigenvalue weighted by Crippen LogP contribution is -2.47. The zero-order chi connectivity index (χ0) is 33.3. The molecule has 14 heteroatoms. The van der Waals surface area contributed by atoms with Crippen LogP contribution in [0, 0.1) is 11.3 Å². The smallest absolute Gasteiger partial charge is 0.316 e. The average molecular weight is 651 g/mol. The number of hydrogen-bond donors (Lipinski definition) is 2. The Hall–Kier alpha value is -5.42. The average Bonchev–Trinajstić information content (AvgIpc) is 3.36. The highest BCUT2D eigenvalue weighted by molar-refractivity contribution is 5.93. The number of amides is 1. The maximum absolute atomic E-state index is 13.7. The summed E-state index contributed by atoms with van der Waals surface area (Å²) < 4.78 is 10.9. The van der Waals surface area contributed by atoms with Crippen molar-refractivity contribution in [2.75, 3.05) is 41.9 Å². The first-order valence-corrected chi connectivity index (χ1v) is 16.2. The Morgan fingerprint density at radius 3 is 2.35 bits per heavy atom. The van der Waals surface area contributed by atoms with E-state index in [9.17, 15) is 15.2 Å². The number of aliphatic hydroxyl groups excluding tert-OH is 1. The van der Waals surface area contributed by atoms with Gasteiger partial charge >= 0.3 is 6.01 Å². The van der Waals surface area contributed by atoms with Crippen LogP contribution in [0.25, 0.3) is 11.1 Å². The molecule has 14 nitrogen and oxygen atoms in total. The second kappa shape index (κ2) is 15.4. The molecule has 0 radical (unpaired) electrons. The van der Waals surface area contributed by atoms with E-state index in [1.54, 1.807) is 35.9 Å². The van der Waals surface area contributed by atoms with Gasteiger partial charge in [-0.3, -0.25) is 9.69 Å². The summed E-state index contributed by atoms with van der Waals surface area (Å²) in [7, 11) is 1.50. The van der Waals surface area contributed by atoms with Crippen molar-refractivity contribution < 1.29 is 19.4 Å². The van der Waals surface area contributed by atoms with Crippen molar-refractivity contribution in [1.82, 2.24) is 29.9 Å². The van der Waals surface area contributed by atoms with Crippen LogP contribution in [0.15, 0.2) is 61.3 Å². The molecule has 1 atom stereocenters. The SMILES string of the molecule is COc1ncc(-c2cnc(N(C(=O)COc3ccccc3)C3CCC(Nc4ncc(C#N)c(N5CCCC(O)CC5)n4)CC3)nc2)cn1. The summed E-state index contributed by atoms with van der Waals surface area (Å²) in [5.41, 5.74) is 1.85. The molecule has 1 aromatic carbocycles. The molecule has 4 heterocycles. The summed E-state index contributed by atoms with van der Waals surface area (Å²) in [4.78, 5) is 44.1. The molecule has 6 rings (SSSR count). The van der Waals surface area contributed by atoms with Crippen molar-refractivity contribution in [2.24, 2.45) is 0 Å². The molecule has 1 aliphatic heterocycles. The number of rotatable bonds is 10. The van der Waals surface area contributed by atoms with Gasteiger partial charge in [0.2, 0.25) is 11.9 Å². The summed E-state index contributed by atoms with van der Waals surface area (Å²) in [5.74, 6) is 1.72. The summed E-state index contributed by atoms with van der Waals surface area (Å²) in [6.45, 7) is 1.20. The van der Waals surface area contributed by atoms with Gasteiger partial charge in [0.15, 0.2) is 12.4 Å². The molecule has 0 bridgehead atoms. The van der Waals surface area contributed by atoms with Crippen molar-refractivity contribution in [1.29, 1.82) is 5.26 Å². The first-order valence-electron chi connectivity index (χ1n) is 16.2. The van der Waals surface area contributed by atoms with E-state index in [-0.39, 0.29) is 36.7 Å². The van der Waals surface area contributed by atoms with Gasteiger partial charge in [0.25, 0.3) is 5.91 Å². The Morgan fingerprint density at radius 1 is 0.958 bits per heavy atom. The van der Waals surface area contributed by atoms with Gasteiger partial charge in [0.05, 0.1) is 19.4 Å². The van der Waals surface area contributed by atoms with E-state index in [2.05, 4.69) is 41.2 Å². The third-order valence-corrected chi connectivity index (χ3v) is 8.65. The number of anilines is 3. The Kier molecular flexibility index (Phi) is 10.5. The van der Waals surface area contributed by atoms with Crippen molar-refractivity contribution >= 4 is 23.6 Å². The lowest BCUT2D eigenvalue weighted by molar-refractivity contribution is -0.121. The van der Waals surface area contributed by atoms with Crippen molar-refractivity contribution in [2.45, 2.75) is 63.1 Å². The molecule has 48 heavy (non-hydrogen) atoms. The minimum Gasteiger partial charge on any atom is -0.484 e. The van der Waals surface area contributed by atoms with E-state index >= 15 is 0 Å². The molecule has 1 saturated heterocycles. The number of nitrogens with one attached hydrogen (secondary N) is 1. The number of carbonyl (C=O) groups is 1. The number of nitrogens with zero attached hydrogens (tertiary/aromatic N) is 9. The van der Waals surface area contributed by atoms with E-state index in [4.69, 9.17) is 14.5 Å². The predicted octanol–water partition coefficient (Wildman–Crippen LogP) is 3.79. The number of methoxy groups -OCH3 is 1. The minimum atomic E-state index is -0.335. The van der Waals surface area contributed by atoms with Gasteiger partial charge in [-0.05, 0) is 57.1 Å².